The molecule has 1 atom stereocenters. The summed E-state index contributed by atoms with van der Waals surface area (Å²) in [7, 11) is 5.91. The van der Waals surface area contributed by atoms with Gasteiger partial charge in [-0.15, -0.1) is 0 Å². The van der Waals surface area contributed by atoms with Crippen molar-refractivity contribution in [2.45, 2.75) is 37.6 Å². The monoisotopic (exact) mass is 337 g/mol. The van der Waals surface area contributed by atoms with Gasteiger partial charge in [0.2, 0.25) is 5.91 Å². The highest BCUT2D eigenvalue weighted by atomic mass is 16.2. The van der Waals surface area contributed by atoms with Crippen molar-refractivity contribution in [2.75, 3.05) is 32.7 Å². The SMILES string of the molecule is [B]c1ccc2c(c1)C1(CC1)CN(CC(=O)N[C@@H]1CCN(CC)C1)C2=O. The van der Waals surface area contributed by atoms with E-state index in [2.05, 4.69) is 17.1 Å². The van der Waals surface area contributed by atoms with Crippen molar-refractivity contribution in [3.05, 3.63) is 29.3 Å². The highest BCUT2D eigenvalue weighted by Gasteiger charge is 2.51. The van der Waals surface area contributed by atoms with Crippen LogP contribution >= 0.6 is 0 Å². The lowest BCUT2D eigenvalue weighted by Gasteiger charge is -2.34. The lowest BCUT2D eigenvalue weighted by atomic mass is 9.82. The van der Waals surface area contributed by atoms with E-state index in [1.54, 1.807) is 11.0 Å². The van der Waals surface area contributed by atoms with Crippen LogP contribution in [0.3, 0.4) is 0 Å². The molecule has 1 aliphatic carbocycles. The lowest BCUT2D eigenvalue weighted by Crippen LogP contribution is -2.50. The van der Waals surface area contributed by atoms with Gasteiger partial charge < -0.3 is 15.1 Å². The Kier molecular flexibility index (Phi) is 4.10. The zero-order chi connectivity index (χ0) is 17.6. The molecule has 0 aromatic heterocycles. The van der Waals surface area contributed by atoms with Gasteiger partial charge in [0, 0.05) is 36.7 Å². The molecule has 5 nitrogen and oxygen atoms in total. The quantitative estimate of drug-likeness (QED) is 0.798. The minimum Gasteiger partial charge on any atom is -0.350 e. The van der Waals surface area contributed by atoms with Crippen LogP contribution in [-0.4, -0.2) is 68.2 Å². The van der Waals surface area contributed by atoms with Gasteiger partial charge in [0.25, 0.3) is 5.91 Å². The molecule has 1 saturated carbocycles. The molecule has 0 bridgehead atoms. The Morgan fingerprint density at radius 3 is 2.88 bits per heavy atom. The summed E-state index contributed by atoms with van der Waals surface area (Å²) in [4.78, 5) is 29.3. The maximum atomic E-state index is 12.8. The summed E-state index contributed by atoms with van der Waals surface area (Å²) in [5, 5.41) is 3.10. The molecule has 2 radical (unpaired) electrons. The molecular weight excluding hydrogens is 313 g/mol. The molecule has 2 aliphatic heterocycles. The van der Waals surface area contributed by atoms with Crippen LogP contribution in [0.1, 0.15) is 42.1 Å². The Balaban J connectivity index is 1.44. The van der Waals surface area contributed by atoms with Gasteiger partial charge in [0.15, 0.2) is 0 Å². The highest BCUT2D eigenvalue weighted by molar-refractivity contribution is 6.32. The fraction of sp³-hybridized carbons (Fsp3) is 0.579. The standard InChI is InChI=1S/C19H24BN3O2/c1-2-22-8-5-14(10-22)21-17(24)11-23-12-19(6-7-19)16-9-13(20)3-4-15(16)18(23)25/h3-4,9,14H,2,5-8,10-12H2,1H3,(H,21,24)/t14-/m1/s1. The summed E-state index contributed by atoms with van der Waals surface area (Å²) >= 11 is 0. The van der Waals surface area contributed by atoms with Crippen molar-refractivity contribution in [3.8, 4) is 0 Å². The summed E-state index contributed by atoms with van der Waals surface area (Å²) < 4.78 is 0. The Bertz CT molecular complexity index is 717. The number of amides is 2. The van der Waals surface area contributed by atoms with Gasteiger partial charge in [0.05, 0.1) is 6.54 Å². The molecule has 1 saturated heterocycles. The molecule has 1 aromatic rings. The number of fused-ring (bicyclic) bond motifs is 2. The average Bonchev–Trinajstić information content (AvgIpc) is 3.22. The molecule has 0 unspecified atom stereocenters. The molecule has 2 fully saturated rings. The molecule has 25 heavy (non-hydrogen) atoms. The first kappa shape index (κ1) is 16.6. The minimum atomic E-state index is -0.0516. The number of hydrogen-bond acceptors (Lipinski definition) is 3. The summed E-state index contributed by atoms with van der Waals surface area (Å²) in [5.74, 6) is -0.102. The van der Waals surface area contributed by atoms with Crippen molar-refractivity contribution in [2.24, 2.45) is 0 Å². The van der Waals surface area contributed by atoms with Gasteiger partial charge in [-0.3, -0.25) is 9.59 Å². The van der Waals surface area contributed by atoms with E-state index in [-0.39, 0.29) is 29.8 Å². The van der Waals surface area contributed by atoms with E-state index in [1.165, 1.54) is 0 Å². The van der Waals surface area contributed by atoms with Gasteiger partial charge in [-0.2, -0.15) is 0 Å². The van der Waals surface area contributed by atoms with E-state index < -0.39 is 0 Å². The van der Waals surface area contributed by atoms with E-state index >= 15 is 0 Å². The second-order valence-corrected chi connectivity index (χ2v) is 7.69. The second-order valence-electron chi connectivity index (χ2n) is 7.69. The van der Waals surface area contributed by atoms with Gasteiger partial charge in [-0.1, -0.05) is 24.5 Å². The third-order valence-electron chi connectivity index (χ3n) is 5.90. The molecule has 4 rings (SSSR count). The Morgan fingerprint density at radius 1 is 1.40 bits per heavy atom. The molecule has 6 heteroatoms. The summed E-state index contributed by atoms with van der Waals surface area (Å²) in [5.41, 5.74) is 2.50. The Hall–Kier alpha value is -1.82. The largest absolute Gasteiger partial charge is 0.350 e. The molecule has 1 aromatic carbocycles. The first-order valence-corrected chi connectivity index (χ1v) is 9.22. The summed E-state index contributed by atoms with van der Waals surface area (Å²) in [6.45, 7) is 5.86. The predicted octanol–water partition coefficient (Wildman–Crippen LogP) is 0.178. The highest BCUT2D eigenvalue weighted by Crippen LogP contribution is 2.51. The zero-order valence-electron chi connectivity index (χ0n) is 14.8. The Morgan fingerprint density at radius 2 is 2.20 bits per heavy atom. The number of rotatable bonds is 4. The zero-order valence-corrected chi connectivity index (χ0v) is 14.8. The first-order valence-electron chi connectivity index (χ1n) is 9.22. The van der Waals surface area contributed by atoms with Crippen LogP contribution in [0.5, 0.6) is 0 Å². The van der Waals surface area contributed by atoms with Crippen LogP contribution in [0.4, 0.5) is 0 Å². The summed E-state index contributed by atoms with van der Waals surface area (Å²) in [6, 6.07) is 5.73. The maximum Gasteiger partial charge on any atom is 0.254 e. The molecule has 2 amide bonds. The first-order chi connectivity index (χ1) is 12.0. The predicted molar refractivity (Wildman–Crippen MR) is 97.3 cm³/mol. The fourth-order valence-corrected chi connectivity index (χ4v) is 4.27. The van der Waals surface area contributed by atoms with Gasteiger partial charge >= 0.3 is 0 Å². The number of nitrogens with one attached hydrogen (secondary N) is 1. The smallest absolute Gasteiger partial charge is 0.254 e. The van der Waals surface area contributed by atoms with E-state index in [0.717, 1.165) is 44.5 Å². The Labute approximate surface area is 150 Å². The third kappa shape index (κ3) is 3.08. The van der Waals surface area contributed by atoms with Crippen LogP contribution in [0.2, 0.25) is 0 Å². The van der Waals surface area contributed by atoms with Crippen molar-refractivity contribution >= 4 is 25.1 Å². The van der Waals surface area contributed by atoms with Crippen molar-refractivity contribution in [1.29, 1.82) is 0 Å². The topological polar surface area (TPSA) is 52.7 Å². The molecular formula is C19H24BN3O2. The van der Waals surface area contributed by atoms with Crippen LogP contribution in [0, 0.1) is 0 Å². The number of likely N-dealkylation sites (N-methyl/N-ethyl adjacent to an activating group) is 1. The van der Waals surface area contributed by atoms with Crippen LogP contribution in [-0.2, 0) is 10.2 Å². The number of nitrogens with zero attached hydrogens (tertiary/aromatic N) is 2. The number of carbonyl (C=O) groups is 2. The molecule has 3 aliphatic rings. The van der Waals surface area contributed by atoms with Gasteiger partial charge in [-0.25, -0.2) is 0 Å². The van der Waals surface area contributed by atoms with Gasteiger partial charge in [0.1, 0.15) is 7.85 Å². The van der Waals surface area contributed by atoms with E-state index in [1.807, 2.05) is 12.1 Å². The average molecular weight is 337 g/mol. The van der Waals surface area contributed by atoms with Crippen LogP contribution in [0.15, 0.2) is 18.2 Å². The lowest BCUT2D eigenvalue weighted by molar-refractivity contribution is -0.122. The van der Waals surface area contributed by atoms with E-state index in [0.29, 0.717) is 17.6 Å². The van der Waals surface area contributed by atoms with Crippen LogP contribution < -0.4 is 10.8 Å². The number of likely N-dealkylation sites (tertiary alicyclic amines) is 1. The van der Waals surface area contributed by atoms with Crippen molar-refractivity contribution in [3.63, 3.8) is 0 Å². The van der Waals surface area contributed by atoms with Crippen molar-refractivity contribution in [1.82, 2.24) is 15.1 Å². The molecule has 1 spiro atoms. The molecule has 2 heterocycles. The number of benzene rings is 1. The third-order valence-corrected chi connectivity index (χ3v) is 5.90. The minimum absolute atomic E-state index is 0.0191. The fourth-order valence-electron chi connectivity index (χ4n) is 4.27. The van der Waals surface area contributed by atoms with E-state index in [4.69, 9.17) is 7.85 Å². The number of hydrogen-bond donors (Lipinski definition) is 1. The van der Waals surface area contributed by atoms with Gasteiger partial charge in [-0.05, 0) is 37.4 Å². The molecule has 1 N–H and O–H groups in total. The van der Waals surface area contributed by atoms with Crippen molar-refractivity contribution < 1.29 is 9.59 Å². The summed E-state index contributed by atoms with van der Waals surface area (Å²) in [6.07, 6.45) is 3.10. The second kappa shape index (κ2) is 6.17. The maximum absolute atomic E-state index is 12.8. The normalized spacial score (nSPS) is 24.4. The van der Waals surface area contributed by atoms with Crippen LogP contribution in [0.25, 0.3) is 0 Å². The number of carbonyl (C=O) groups excluding carboxylic acids is 2. The molecule has 130 valence electrons. The van der Waals surface area contributed by atoms with E-state index in [9.17, 15) is 9.59 Å².